The fourth-order valence-electron chi connectivity index (χ4n) is 1.53. The van der Waals surface area contributed by atoms with Crippen molar-refractivity contribution in [1.29, 1.82) is 0 Å². The summed E-state index contributed by atoms with van der Waals surface area (Å²) < 4.78 is 0. The molecule has 2 heteroatoms. The normalized spacial score (nSPS) is 10.6. The number of rotatable bonds is 0. The summed E-state index contributed by atoms with van der Waals surface area (Å²) in [4.78, 5) is 4.22. The summed E-state index contributed by atoms with van der Waals surface area (Å²) in [7, 11) is 0. The van der Waals surface area contributed by atoms with Gasteiger partial charge in [0.15, 0.2) is 0 Å². The lowest BCUT2D eigenvalue weighted by atomic mass is 10.1. The van der Waals surface area contributed by atoms with E-state index in [2.05, 4.69) is 30.1 Å². The second-order valence-electron chi connectivity index (χ2n) is 3.37. The number of hydrogen-bond donors (Lipinski definition) is 1. The van der Waals surface area contributed by atoms with E-state index in [1.165, 1.54) is 5.56 Å². The number of nitrogen functional groups attached to an aromatic ring is 1. The van der Waals surface area contributed by atoms with Gasteiger partial charge in [0.2, 0.25) is 0 Å². The second-order valence-corrected chi connectivity index (χ2v) is 3.37. The van der Waals surface area contributed by atoms with Crippen LogP contribution in [0.5, 0.6) is 0 Å². The van der Waals surface area contributed by atoms with E-state index in [0.29, 0.717) is 5.82 Å². The van der Waals surface area contributed by atoms with Gasteiger partial charge in [-0.1, -0.05) is 17.7 Å². The van der Waals surface area contributed by atoms with Gasteiger partial charge in [-0.2, -0.15) is 0 Å². The van der Waals surface area contributed by atoms with E-state index in [9.17, 15) is 0 Å². The summed E-state index contributed by atoms with van der Waals surface area (Å²) in [6.07, 6.45) is 0. The number of nitrogens with two attached hydrogens (primary N) is 1. The van der Waals surface area contributed by atoms with Gasteiger partial charge in [0.1, 0.15) is 5.82 Å². The van der Waals surface area contributed by atoms with E-state index in [1.807, 2.05) is 13.0 Å². The molecule has 0 fully saturated rings. The lowest BCUT2D eigenvalue weighted by Crippen LogP contribution is -1.93. The maximum atomic E-state index is 5.81. The van der Waals surface area contributed by atoms with Crippen molar-refractivity contribution in [2.24, 2.45) is 0 Å². The summed E-state index contributed by atoms with van der Waals surface area (Å²) in [6.45, 7) is 4.01. The Morgan fingerprint density at radius 1 is 1.15 bits per heavy atom. The maximum Gasteiger partial charge on any atom is 0.131 e. The average Bonchev–Trinajstić information content (AvgIpc) is 2.06. The molecule has 2 N–H and O–H groups in total. The third-order valence-electron chi connectivity index (χ3n) is 2.15. The Balaban J connectivity index is 2.87. The van der Waals surface area contributed by atoms with Gasteiger partial charge in [0.25, 0.3) is 0 Å². The minimum atomic E-state index is 0.624. The molecule has 2 nitrogen and oxygen atoms in total. The molecule has 0 saturated carbocycles. The topological polar surface area (TPSA) is 38.9 Å². The molecule has 1 aromatic carbocycles. The molecular formula is C11H12N2. The first-order valence-electron chi connectivity index (χ1n) is 4.30. The number of benzene rings is 1. The molecule has 13 heavy (non-hydrogen) atoms. The lowest BCUT2D eigenvalue weighted by Gasteiger charge is -2.03. The van der Waals surface area contributed by atoms with Crippen molar-refractivity contribution < 1.29 is 0 Å². The molecular weight excluding hydrogens is 160 g/mol. The van der Waals surface area contributed by atoms with Crippen LogP contribution in [-0.2, 0) is 0 Å². The molecule has 2 aromatic rings. The molecule has 0 spiro atoms. The molecule has 0 radical (unpaired) electrons. The first-order valence-corrected chi connectivity index (χ1v) is 4.30. The first kappa shape index (κ1) is 8.05. The highest BCUT2D eigenvalue weighted by atomic mass is 14.8. The zero-order valence-corrected chi connectivity index (χ0v) is 7.83. The molecule has 0 aliphatic rings. The predicted octanol–water partition coefficient (Wildman–Crippen LogP) is 2.43. The van der Waals surface area contributed by atoms with Crippen LogP contribution in [0.3, 0.4) is 0 Å². The lowest BCUT2D eigenvalue weighted by molar-refractivity contribution is 1.23. The highest BCUT2D eigenvalue weighted by molar-refractivity contribution is 5.91. The fraction of sp³-hybridized carbons (Fsp3) is 0.182. The third-order valence-corrected chi connectivity index (χ3v) is 2.15. The molecule has 0 unspecified atom stereocenters. The fourth-order valence-corrected chi connectivity index (χ4v) is 1.53. The molecule has 1 aromatic heterocycles. The quantitative estimate of drug-likeness (QED) is 0.662. The molecule has 0 atom stereocenters. The van der Waals surface area contributed by atoms with Gasteiger partial charge in [-0.3, -0.25) is 0 Å². The summed E-state index contributed by atoms with van der Waals surface area (Å²) >= 11 is 0. The van der Waals surface area contributed by atoms with Crippen LogP contribution in [0.1, 0.15) is 11.3 Å². The number of nitrogens with zero attached hydrogens (tertiary/aromatic N) is 1. The van der Waals surface area contributed by atoms with Crippen molar-refractivity contribution in [3.8, 4) is 0 Å². The van der Waals surface area contributed by atoms with E-state index in [-0.39, 0.29) is 0 Å². The molecule has 0 amide bonds. The number of fused-ring (bicyclic) bond motifs is 1. The van der Waals surface area contributed by atoms with Gasteiger partial charge in [0, 0.05) is 11.1 Å². The van der Waals surface area contributed by atoms with Crippen LogP contribution >= 0.6 is 0 Å². The van der Waals surface area contributed by atoms with Gasteiger partial charge in [-0.15, -0.1) is 0 Å². The van der Waals surface area contributed by atoms with Crippen LogP contribution in [0.2, 0.25) is 0 Å². The van der Waals surface area contributed by atoms with Crippen molar-refractivity contribution in [1.82, 2.24) is 4.98 Å². The van der Waals surface area contributed by atoms with Crippen LogP contribution in [0.4, 0.5) is 5.82 Å². The molecule has 66 valence electrons. The highest BCUT2D eigenvalue weighted by Crippen LogP contribution is 2.21. The molecule has 0 saturated heterocycles. The molecule has 1 heterocycles. The monoisotopic (exact) mass is 172 g/mol. The first-order chi connectivity index (χ1) is 6.16. The van der Waals surface area contributed by atoms with Crippen molar-refractivity contribution in [2.75, 3.05) is 5.73 Å². The van der Waals surface area contributed by atoms with E-state index in [1.54, 1.807) is 0 Å². The van der Waals surface area contributed by atoms with E-state index >= 15 is 0 Å². The Bertz CT molecular complexity index is 461. The van der Waals surface area contributed by atoms with E-state index < -0.39 is 0 Å². The van der Waals surface area contributed by atoms with Crippen LogP contribution < -0.4 is 5.73 Å². The van der Waals surface area contributed by atoms with Crippen LogP contribution in [0, 0.1) is 13.8 Å². The highest BCUT2D eigenvalue weighted by Gasteiger charge is 2.00. The van der Waals surface area contributed by atoms with E-state index in [4.69, 9.17) is 5.73 Å². The molecule has 2 rings (SSSR count). The van der Waals surface area contributed by atoms with Gasteiger partial charge in [-0.05, 0) is 31.4 Å². The zero-order valence-electron chi connectivity index (χ0n) is 7.83. The molecule has 0 aliphatic carbocycles. The van der Waals surface area contributed by atoms with Crippen LogP contribution in [0.15, 0.2) is 24.3 Å². The zero-order chi connectivity index (χ0) is 9.42. The van der Waals surface area contributed by atoms with Crippen molar-refractivity contribution >= 4 is 16.6 Å². The van der Waals surface area contributed by atoms with Gasteiger partial charge < -0.3 is 5.73 Å². The van der Waals surface area contributed by atoms with E-state index in [0.717, 1.165) is 16.5 Å². The molecule has 0 bridgehead atoms. The summed E-state index contributed by atoms with van der Waals surface area (Å²) in [6, 6.07) is 8.28. The number of aryl methyl sites for hydroxylation is 2. The SMILES string of the molecule is Cc1ccc2cc(C)nc(N)c2c1. The Labute approximate surface area is 77.4 Å². The number of aromatic nitrogens is 1. The van der Waals surface area contributed by atoms with Crippen molar-refractivity contribution in [2.45, 2.75) is 13.8 Å². The average molecular weight is 172 g/mol. The summed E-state index contributed by atoms with van der Waals surface area (Å²) in [5.74, 6) is 0.624. The summed E-state index contributed by atoms with van der Waals surface area (Å²) in [5.41, 5.74) is 7.99. The standard InChI is InChI=1S/C11H12N2/c1-7-3-4-9-6-8(2)13-11(12)10(9)5-7/h3-6H,1-2H3,(H2,12,13). The minimum Gasteiger partial charge on any atom is -0.383 e. The maximum absolute atomic E-state index is 5.81. The third kappa shape index (κ3) is 1.35. The van der Waals surface area contributed by atoms with Crippen molar-refractivity contribution in [3.05, 3.63) is 35.5 Å². The Kier molecular flexibility index (Phi) is 1.69. The van der Waals surface area contributed by atoms with Gasteiger partial charge in [-0.25, -0.2) is 4.98 Å². The summed E-state index contributed by atoms with van der Waals surface area (Å²) in [5, 5.41) is 2.21. The van der Waals surface area contributed by atoms with Crippen LogP contribution in [0.25, 0.3) is 10.8 Å². The Hall–Kier alpha value is -1.57. The largest absolute Gasteiger partial charge is 0.383 e. The predicted molar refractivity (Wildman–Crippen MR) is 55.6 cm³/mol. The Morgan fingerprint density at radius 3 is 2.69 bits per heavy atom. The second kappa shape index (κ2) is 2.73. The van der Waals surface area contributed by atoms with Gasteiger partial charge in [0.05, 0.1) is 0 Å². The number of anilines is 1. The molecule has 0 aliphatic heterocycles. The minimum absolute atomic E-state index is 0.624. The number of hydrogen-bond acceptors (Lipinski definition) is 2. The van der Waals surface area contributed by atoms with Crippen LogP contribution in [-0.4, -0.2) is 4.98 Å². The smallest absolute Gasteiger partial charge is 0.131 e. The van der Waals surface area contributed by atoms with Gasteiger partial charge >= 0.3 is 0 Å². The Morgan fingerprint density at radius 2 is 1.92 bits per heavy atom. The number of pyridine rings is 1. The van der Waals surface area contributed by atoms with Crippen molar-refractivity contribution in [3.63, 3.8) is 0 Å².